The van der Waals surface area contributed by atoms with Gasteiger partial charge in [0.05, 0.1) is 17.5 Å². The number of aromatic nitrogens is 6. The summed E-state index contributed by atoms with van der Waals surface area (Å²) in [7, 11) is 1.75. The summed E-state index contributed by atoms with van der Waals surface area (Å²) in [6, 6.07) is 0. The largest absolute Gasteiger partial charge is 0.357 e. The van der Waals surface area contributed by atoms with Crippen LogP contribution in [0.3, 0.4) is 0 Å². The van der Waals surface area contributed by atoms with Crippen LogP contribution in [-0.2, 0) is 0 Å². The highest BCUT2D eigenvalue weighted by Gasteiger charge is 2.12. The molecular weight excluding hydrogens is 286 g/mol. The Morgan fingerprint density at radius 2 is 2.11 bits per heavy atom. The molecule has 0 saturated carbocycles. The van der Waals surface area contributed by atoms with Crippen LogP contribution in [0.25, 0.3) is 11.2 Å². The zero-order valence-electron chi connectivity index (χ0n) is 9.75. The van der Waals surface area contributed by atoms with Crippen molar-refractivity contribution < 1.29 is 0 Å². The Morgan fingerprint density at radius 3 is 2.95 bits per heavy atom. The van der Waals surface area contributed by atoms with E-state index < -0.39 is 0 Å². The molecule has 3 aromatic heterocycles. The minimum absolute atomic E-state index is 0.468. The van der Waals surface area contributed by atoms with Crippen molar-refractivity contribution in [2.45, 2.75) is 10.1 Å². The van der Waals surface area contributed by atoms with Crippen molar-refractivity contribution in [1.82, 2.24) is 29.9 Å². The zero-order valence-corrected chi connectivity index (χ0v) is 11.3. The summed E-state index contributed by atoms with van der Waals surface area (Å²) in [5.41, 5.74) is 1.37. The number of rotatable bonds is 3. The van der Waals surface area contributed by atoms with Gasteiger partial charge in [0.15, 0.2) is 5.65 Å². The Kier molecular flexibility index (Phi) is 3.18. The predicted octanol–water partition coefficient (Wildman–Crippen LogP) is 1.99. The molecule has 3 aromatic rings. The highest BCUT2D eigenvalue weighted by Crippen LogP contribution is 2.33. The molecule has 7 nitrogen and oxygen atoms in total. The first-order valence-electron chi connectivity index (χ1n) is 5.30. The summed E-state index contributed by atoms with van der Waals surface area (Å²) in [5, 5.41) is 4.67. The molecule has 0 saturated heterocycles. The fraction of sp³-hybridized carbons (Fsp3) is 0.100. The van der Waals surface area contributed by atoms with Crippen LogP contribution in [0, 0.1) is 0 Å². The van der Waals surface area contributed by atoms with E-state index in [1.807, 2.05) is 0 Å². The van der Waals surface area contributed by atoms with Gasteiger partial charge in [0, 0.05) is 7.05 Å². The van der Waals surface area contributed by atoms with Gasteiger partial charge in [-0.25, -0.2) is 24.9 Å². The van der Waals surface area contributed by atoms with Crippen molar-refractivity contribution in [3.63, 3.8) is 0 Å². The molecular formula is C10H8ClN7S. The fourth-order valence-corrected chi connectivity index (χ4v) is 2.48. The van der Waals surface area contributed by atoms with Crippen LogP contribution in [0.5, 0.6) is 0 Å². The van der Waals surface area contributed by atoms with Crippen molar-refractivity contribution in [1.29, 1.82) is 0 Å². The van der Waals surface area contributed by atoms with E-state index in [1.54, 1.807) is 19.6 Å². The normalized spacial score (nSPS) is 10.8. The third-order valence-electron chi connectivity index (χ3n) is 2.32. The smallest absolute Gasteiger partial charge is 0.223 e. The van der Waals surface area contributed by atoms with Gasteiger partial charge in [-0.2, -0.15) is 0 Å². The molecule has 2 N–H and O–H groups in total. The minimum Gasteiger partial charge on any atom is -0.357 e. The second-order valence-corrected chi connectivity index (χ2v) is 4.86. The standard InChI is InChI=1S/C10H8ClN7S/c1-12-10-13-2-5(11)8(18-10)19-9-6-7(15-3-14-6)16-4-17-9/h2-4H,1H3,(H,12,13,18)(H,14,15,16,17). The number of nitrogens with one attached hydrogen (secondary N) is 2. The van der Waals surface area contributed by atoms with Crippen LogP contribution in [0.2, 0.25) is 5.02 Å². The van der Waals surface area contributed by atoms with Gasteiger partial charge < -0.3 is 10.3 Å². The molecule has 96 valence electrons. The third kappa shape index (κ3) is 2.32. The first-order chi connectivity index (χ1) is 9.28. The van der Waals surface area contributed by atoms with Gasteiger partial charge >= 0.3 is 0 Å². The third-order valence-corrected chi connectivity index (χ3v) is 3.71. The van der Waals surface area contributed by atoms with E-state index in [4.69, 9.17) is 11.6 Å². The summed E-state index contributed by atoms with van der Waals surface area (Å²) >= 11 is 7.42. The molecule has 0 amide bonds. The van der Waals surface area contributed by atoms with Crippen LogP contribution in [0.4, 0.5) is 5.95 Å². The van der Waals surface area contributed by atoms with Gasteiger partial charge in [-0.3, -0.25) is 0 Å². The van der Waals surface area contributed by atoms with Gasteiger partial charge in [-0.05, 0) is 11.8 Å². The first kappa shape index (κ1) is 12.1. The van der Waals surface area contributed by atoms with Crippen LogP contribution in [0.1, 0.15) is 0 Å². The van der Waals surface area contributed by atoms with Gasteiger partial charge in [-0.15, -0.1) is 0 Å². The lowest BCUT2D eigenvalue weighted by Crippen LogP contribution is -1.97. The topological polar surface area (TPSA) is 92.3 Å². The Morgan fingerprint density at radius 1 is 1.21 bits per heavy atom. The lowest BCUT2D eigenvalue weighted by Gasteiger charge is -2.04. The number of aromatic amines is 1. The lowest BCUT2D eigenvalue weighted by molar-refractivity contribution is 1.03. The maximum absolute atomic E-state index is 6.09. The van der Waals surface area contributed by atoms with Crippen LogP contribution >= 0.6 is 23.4 Å². The van der Waals surface area contributed by atoms with Gasteiger partial charge in [0.25, 0.3) is 0 Å². The van der Waals surface area contributed by atoms with E-state index >= 15 is 0 Å². The number of hydrogen-bond donors (Lipinski definition) is 2. The summed E-state index contributed by atoms with van der Waals surface area (Å²) in [5.74, 6) is 0.502. The van der Waals surface area contributed by atoms with E-state index in [9.17, 15) is 0 Å². The van der Waals surface area contributed by atoms with Gasteiger partial charge in [0.2, 0.25) is 5.95 Å². The molecule has 0 fully saturated rings. The molecule has 0 spiro atoms. The molecule has 3 heterocycles. The van der Waals surface area contributed by atoms with E-state index in [2.05, 4.69) is 35.2 Å². The summed E-state index contributed by atoms with van der Waals surface area (Å²) < 4.78 is 0. The van der Waals surface area contributed by atoms with Crippen molar-refractivity contribution in [3.05, 3.63) is 23.9 Å². The molecule has 0 unspecified atom stereocenters. The molecule has 3 rings (SSSR count). The van der Waals surface area contributed by atoms with Crippen LogP contribution < -0.4 is 5.32 Å². The predicted molar refractivity (Wildman–Crippen MR) is 72.4 cm³/mol. The maximum Gasteiger partial charge on any atom is 0.223 e. The number of halogens is 1. The molecule has 0 radical (unpaired) electrons. The average Bonchev–Trinajstić information content (AvgIpc) is 2.90. The summed E-state index contributed by atoms with van der Waals surface area (Å²) in [6.45, 7) is 0. The number of nitrogens with zero attached hydrogens (tertiary/aromatic N) is 5. The van der Waals surface area contributed by atoms with Crippen molar-refractivity contribution in [3.8, 4) is 0 Å². The second-order valence-electron chi connectivity index (χ2n) is 3.48. The molecule has 0 bridgehead atoms. The highest BCUT2D eigenvalue weighted by molar-refractivity contribution is 7.99. The Bertz CT molecular complexity index is 729. The Hall–Kier alpha value is -1.93. The quantitative estimate of drug-likeness (QED) is 0.713. The number of anilines is 1. The Balaban J connectivity index is 2.03. The van der Waals surface area contributed by atoms with E-state index in [-0.39, 0.29) is 0 Å². The van der Waals surface area contributed by atoms with Gasteiger partial charge in [0.1, 0.15) is 21.9 Å². The van der Waals surface area contributed by atoms with Crippen LogP contribution in [-0.4, -0.2) is 37.0 Å². The van der Waals surface area contributed by atoms with E-state index in [0.29, 0.717) is 26.7 Å². The van der Waals surface area contributed by atoms with E-state index in [0.717, 1.165) is 5.52 Å². The number of hydrogen-bond acceptors (Lipinski definition) is 7. The van der Waals surface area contributed by atoms with E-state index in [1.165, 1.54) is 18.1 Å². The van der Waals surface area contributed by atoms with Crippen molar-refractivity contribution in [2.24, 2.45) is 0 Å². The maximum atomic E-state index is 6.09. The minimum atomic E-state index is 0.468. The monoisotopic (exact) mass is 293 g/mol. The summed E-state index contributed by atoms with van der Waals surface area (Å²) in [4.78, 5) is 23.7. The average molecular weight is 294 g/mol. The molecule has 0 aliphatic rings. The number of imidazole rings is 1. The fourth-order valence-electron chi connectivity index (χ4n) is 1.46. The molecule has 9 heteroatoms. The van der Waals surface area contributed by atoms with Crippen molar-refractivity contribution in [2.75, 3.05) is 12.4 Å². The SMILES string of the molecule is CNc1ncc(Cl)c(Sc2ncnc3nc[nH]c23)n1. The zero-order chi connectivity index (χ0) is 13.2. The molecule has 0 aromatic carbocycles. The number of fused-ring (bicyclic) bond motifs is 1. The lowest BCUT2D eigenvalue weighted by atomic mass is 10.6. The first-order valence-corrected chi connectivity index (χ1v) is 6.49. The molecule has 19 heavy (non-hydrogen) atoms. The summed E-state index contributed by atoms with van der Waals surface area (Å²) in [6.07, 6.45) is 4.58. The highest BCUT2D eigenvalue weighted by atomic mass is 35.5. The molecule has 0 aliphatic carbocycles. The molecule has 0 atom stereocenters. The van der Waals surface area contributed by atoms with Gasteiger partial charge in [-0.1, -0.05) is 11.6 Å². The van der Waals surface area contributed by atoms with Crippen LogP contribution in [0.15, 0.2) is 28.9 Å². The number of H-pyrrole nitrogens is 1. The molecule has 0 aliphatic heterocycles. The second kappa shape index (κ2) is 4.98. The van der Waals surface area contributed by atoms with Crippen molar-refractivity contribution >= 4 is 40.5 Å². The Labute approximate surface area is 117 Å².